The Hall–Kier alpha value is -8.84. The van der Waals surface area contributed by atoms with Crippen molar-refractivity contribution in [3.8, 4) is 11.6 Å². The van der Waals surface area contributed by atoms with Crippen molar-refractivity contribution >= 4 is 46.6 Å². The van der Waals surface area contributed by atoms with E-state index < -0.39 is 77.4 Å². The predicted octanol–water partition coefficient (Wildman–Crippen LogP) is 2.90. The van der Waals surface area contributed by atoms with Gasteiger partial charge in [0.2, 0.25) is 0 Å². The van der Waals surface area contributed by atoms with E-state index in [2.05, 4.69) is 20.2 Å². The number of nitro benzene ring substituents is 4. The predicted molar refractivity (Wildman–Crippen MR) is 204 cm³/mol. The summed E-state index contributed by atoms with van der Waals surface area (Å²) in [5, 5.41) is 88.3. The molecule has 0 aliphatic heterocycles. The van der Waals surface area contributed by atoms with Crippen LogP contribution in [0.5, 0.6) is 0 Å². The first-order valence-corrected chi connectivity index (χ1v) is 16.8. The Morgan fingerprint density at radius 1 is 0.508 bits per heavy atom. The molecule has 325 valence electrons. The summed E-state index contributed by atoms with van der Waals surface area (Å²) in [5.74, 6) is -4.53. The van der Waals surface area contributed by atoms with E-state index in [9.17, 15) is 69.8 Å². The maximum absolute atomic E-state index is 10.7. The number of nitro groups is 4. The van der Waals surface area contributed by atoms with Crippen LogP contribution in [0, 0.1) is 68.2 Å². The number of aromatic nitrogens is 6. The number of aryl methyl sites for hydroxylation is 4. The first-order valence-electron chi connectivity index (χ1n) is 16.8. The molecule has 2 aromatic carbocycles. The fourth-order valence-corrected chi connectivity index (χ4v) is 4.89. The molecule has 0 aliphatic carbocycles. The van der Waals surface area contributed by atoms with Gasteiger partial charge in [0.15, 0.2) is 11.6 Å². The van der Waals surface area contributed by atoms with Crippen molar-refractivity contribution in [1.29, 1.82) is 0 Å². The van der Waals surface area contributed by atoms with Gasteiger partial charge in [-0.1, -0.05) is 12.1 Å². The first-order chi connectivity index (χ1) is 29.0. The van der Waals surface area contributed by atoms with Gasteiger partial charge in [0.25, 0.3) is 22.7 Å². The number of aromatic carboxylic acids is 4. The van der Waals surface area contributed by atoms with Crippen molar-refractivity contribution < 1.29 is 76.4 Å². The van der Waals surface area contributed by atoms with Gasteiger partial charge in [0.05, 0.1) is 77.7 Å². The molecule has 0 saturated heterocycles. The van der Waals surface area contributed by atoms with E-state index in [1.54, 1.807) is 33.6 Å². The molecule has 4 heterocycles. The molecule has 0 atom stereocenters. The van der Waals surface area contributed by atoms with Crippen LogP contribution < -0.4 is 10.2 Å². The van der Waals surface area contributed by atoms with E-state index in [0.717, 1.165) is 47.0 Å². The van der Waals surface area contributed by atoms with Crippen LogP contribution in [0.2, 0.25) is 0 Å². The zero-order valence-corrected chi connectivity index (χ0v) is 33.7. The zero-order chi connectivity index (χ0) is 46.6. The molecule has 27 heteroatoms. The molecular weight excluding hydrogens is 883 g/mol. The molecule has 6 aromatic rings. The second kappa shape index (κ2) is 22.0. The van der Waals surface area contributed by atoms with Crippen LogP contribution in [0.25, 0.3) is 11.6 Å². The fourth-order valence-electron chi connectivity index (χ4n) is 4.89. The average molecular weight is 912 g/mol. The summed E-state index contributed by atoms with van der Waals surface area (Å²) < 4.78 is 3.20. The van der Waals surface area contributed by atoms with Crippen LogP contribution in [0.15, 0.2) is 84.9 Å². The van der Waals surface area contributed by atoms with E-state index in [0.29, 0.717) is 23.8 Å². The van der Waals surface area contributed by atoms with Crippen LogP contribution >= 0.6 is 0 Å². The number of hydrogen-bond donors (Lipinski definition) is 2. The Balaban J connectivity index is 0.000000288. The quantitative estimate of drug-likeness (QED) is 0.113. The number of hydrogen-bond acceptors (Lipinski definition) is 18. The van der Waals surface area contributed by atoms with Crippen LogP contribution in [0.1, 0.15) is 64.5 Å². The van der Waals surface area contributed by atoms with E-state index >= 15 is 0 Å². The van der Waals surface area contributed by atoms with Crippen molar-refractivity contribution in [3.05, 3.63) is 171 Å². The standard InChI is InChI=1S/2C11H11N3O2.2C7H4N2O6.Mn/c2*1-7-6-8(2)14(13-7)10-5-3-4-9(12-10)11(15)16;2*10-7(11)4-1-5(8(12)13)3-6(2-4)9(14)15;/h2*3-6H,1-2H3,(H,15,16);2*1-3H,(H,10,11);/q;;;;+2/p-2. The monoisotopic (exact) mass is 911 g/mol. The first kappa shape index (κ1) is 50.3. The van der Waals surface area contributed by atoms with Gasteiger partial charge in [-0.15, -0.1) is 0 Å². The Labute approximate surface area is 361 Å². The van der Waals surface area contributed by atoms with Crippen molar-refractivity contribution in [1.82, 2.24) is 29.5 Å². The third kappa shape index (κ3) is 14.2. The summed E-state index contributed by atoms with van der Waals surface area (Å²) in [5.41, 5.74) is -0.134. The summed E-state index contributed by atoms with van der Waals surface area (Å²) in [4.78, 5) is 88.1. The van der Waals surface area contributed by atoms with Gasteiger partial charge in [-0.25, -0.2) is 28.9 Å². The minimum Gasteiger partial charge on any atom is -0.543 e. The zero-order valence-electron chi connectivity index (χ0n) is 32.5. The molecule has 26 nitrogen and oxygen atoms in total. The summed E-state index contributed by atoms with van der Waals surface area (Å²) in [6.45, 7) is 7.50. The van der Waals surface area contributed by atoms with Gasteiger partial charge in [0, 0.05) is 35.7 Å². The molecule has 4 aromatic heterocycles. The van der Waals surface area contributed by atoms with Crippen molar-refractivity contribution in [2.45, 2.75) is 27.7 Å². The molecule has 0 unspecified atom stereocenters. The smallest absolute Gasteiger partial charge is 0.543 e. The van der Waals surface area contributed by atoms with Gasteiger partial charge in [-0.3, -0.25) is 40.5 Å². The van der Waals surface area contributed by atoms with Gasteiger partial charge >= 0.3 is 29.0 Å². The number of carboxylic acid groups (broad SMARTS) is 4. The van der Waals surface area contributed by atoms with Gasteiger partial charge in [-0.05, 0) is 64.1 Å². The van der Waals surface area contributed by atoms with Gasteiger partial charge < -0.3 is 30.0 Å². The fraction of sp³-hybridized carbons (Fsp3) is 0.111. The largest absolute Gasteiger partial charge is 2.00 e. The molecule has 1 radical (unpaired) electrons. The van der Waals surface area contributed by atoms with E-state index in [4.69, 9.17) is 10.2 Å². The minimum atomic E-state index is -1.46. The Morgan fingerprint density at radius 3 is 1.00 bits per heavy atom. The number of carboxylic acids is 4. The number of benzene rings is 2. The second-order valence-corrected chi connectivity index (χ2v) is 12.1. The number of pyridine rings is 2. The molecule has 0 amide bonds. The second-order valence-electron chi connectivity index (χ2n) is 12.1. The summed E-state index contributed by atoms with van der Waals surface area (Å²) >= 11 is 0. The number of carbonyl (C=O) groups excluding carboxylic acids is 2. The van der Waals surface area contributed by atoms with Crippen molar-refractivity contribution in [2.24, 2.45) is 0 Å². The van der Waals surface area contributed by atoms with E-state index in [1.807, 2.05) is 39.8 Å². The Kier molecular flexibility index (Phi) is 17.5. The third-order valence-corrected chi connectivity index (χ3v) is 7.48. The molecule has 0 fully saturated rings. The average Bonchev–Trinajstić information content (AvgIpc) is 3.75. The molecule has 63 heavy (non-hydrogen) atoms. The van der Waals surface area contributed by atoms with E-state index in [-0.39, 0.29) is 28.5 Å². The third-order valence-electron chi connectivity index (χ3n) is 7.48. The molecular formula is C36H28MnN10O16. The Bertz CT molecular complexity index is 2410. The molecule has 0 spiro atoms. The SMILES string of the molecule is Cc1cc(C)n(-c2cccc(C(=O)[O-])n2)n1.Cc1cc(C)n(-c2cccc(C(=O)[O-])n2)n1.O=C(O)c1cc([N+](=O)[O-])cc([N+](=O)[O-])c1.O=C(O)c1cc([N+](=O)[O-])cc([N+](=O)[O-])c1.[Mn+2]. The number of rotatable bonds is 10. The van der Waals surface area contributed by atoms with Crippen LogP contribution in [-0.4, -0.2) is 83.3 Å². The van der Waals surface area contributed by atoms with Crippen molar-refractivity contribution in [2.75, 3.05) is 0 Å². The normalized spacial score (nSPS) is 9.84. The molecule has 2 N–H and O–H groups in total. The Morgan fingerprint density at radius 2 is 0.794 bits per heavy atom. The van der Waals surface area contributed by atoms with Gasteiger partial charge in [0.1, 0.15) is 0 Å². The maximum Gasteiger partial charge on any atom is 2.00 e. The van der Waals surface area contributed by atoms with E-state index in [1.165, 1.54) is 12.1 Å². The molecule has 0 saturated carbocycles. The minimum absolute atomic E-state index is 0. The summed E-state index contributed by atoms with van der Waals surface area (Å²) in [7, 11) is 0. The molecule has 0 bridgehead atoms. The number of carbonyl (C=O) groups is 4. The molecule has 0 aliphatic rings. The number of non-ortho nitro benzene ring substituents is 4. The van der Waals surface area contributed by atoms with Crippen molar-refractivity contribution in [3.63, 3.8) is 0 Å². The van der Waals surface area contributed by atoms with Gasteiger partial charge in [-0.2, -0.15) is 10.2 Å². The topological polar surface area (TPSA) is 389 Å². The van der Waals surface area contributed by atoms with Crippen LogP contribution in [0.3, 0.4) is 0 Å². The van der Waals surface area contributed by atoms with Crippen LogP contribution in [0.4, 0.5) is 22.7 Å². The summed E-state index contributed by atoms with van der Waals surface area (Å²) in [6, 6.07) is 17.6. The summed E-state index contributed by atoms with van der Waals surface area (Å²) in [6.07, 6.45) is 0. The number of nitrogens with zero attached hydrogens (tertiary/aromatic N) is 10. The maximum atomic E-state index is 10.7. The van der Waals surface area contributed by atoms with Crippen LogP contribution in [-0.2, 0) is 17.1 Å². The molecule has 6 rings (SSSR count).